The number of fused-ring (bicyclic) bond motifs is 1. The number of para-hydroxylation sites is 1. The zero-order chi connectivity index (χ0) is 28.7. The highest BCUT2D eigenvalue weighted by molar-refractivity contribution is 8.00. The lowest BCUT2D eigenvalue weighted by Gasteiger charge is -2.34. The predicted octanol–water partition coefficient (Wildman–Crippen LogP) is 7.20. The Morgan fingerprint density at radius 3 is 2.52 bits per heavy atom. The fraction of sp³-hybridized carbons (Fsp3) is 0.571. The van der Waals surface area contributed by atoms with Crippen molar-refractivity contribution in [1.82, 2.24) is 9.29 Å². The lowest BCUT2D eigenvalue weighted by atomic mass is 9.94. The molecular weight excluding hydrogens is 566 g/mol. The number of esters is 1. The van der Waals surface area contributed by atoms with Crippen LogP contribution in [0.3, 0.4) is 0 Å². The summed E-state index contributed by atoms with van der Waals surface area (Å²) in [5.41, 5.74) is 0.145. The fourth-order valence-corrected chi connectivity index (χ4v) is 7.28. The maximum atomic E-state index is 13.8. The van der Waals surface area contributed by atoms with Gasteiger partial charge in [0.1, 0.15) is 22.9 Å². The van der Waals surface area contributed by atoms with E-state index in [1.54, 1.807) is 0 Å². The number of methoxy groups -OCH3 is 1. The molecule has 1 unspecified atom stereocenters. The van der Waals surface area contributed by atoms with Gasteiger partial charge in [-0.05, 0) is 57.3 Å². The minimum absolute atomic E-state index is 0.103. The van der Waals surface area contributed by atoms with Crippen molar-refractivity contribution in [1.29, 1.82) is 0 Å². The lowest BCUT2D eigenvalue weighted by Crippen LogP contribution is -2.37. The van der Waals surface area contributed by atoms with Gasteiger partial charge < -0.3 is 14.4 Å². The first kappa shape index (κ1) is 29.3. The Morgan fingerprint density at radius 1 is 1.23 bits per heavy atom. The summed E-state index contributed by atoms with van der Waals surface area (Å²) in [5.74, 6) is -4.76. The molecule has 1 aliphatic heterocycles. The van der Waals surface area contributed by atoms with Gasteiger partial charge in [-0.15, -0.1) is 0 Å². The topological polar surface area (TPSA) is 54.9 Å². The molecule has 0 saturated heterocycles. The molecule has 1 aromatic carbocycles. The quantitative estimate of drug-likeness (QED) is 0.162. The van der Waals surface area contributed by atoms with Crippen molar-refractivity contribution in [2.75, 3.05) is 32.2 Å². The van der Waals surface area contributed by atoms with E-state index in [9.17, 15) is 22.4 Å². The third kappa shape index (κ3) is 6.65. The third-order valence-corrected chi connectivity index (χ3v) is 9.86. The molecule has 2 aromatic rings. The van der Waals surface area contributed by atoms with E-state index in [1.807, 2.05) is 52.7 Å². The normalized spacial score (nSPS) is 22.2. The van der Waals surface area contributed by atoms with Crippen LogP contribution in [0.15, 0.2) is 46.3 Å². The number of alkyl halides is 4. The number of thioether (sulfide) groups is 1. The van der Waals surface area contributed by atoms with Gasteiger partial charge in [0, 0.05) is 48.9 Å². The van der Waals surface area contributed by atoms with Crippen LogP contribution in [-0.4, -0.2) is 65.7 Å². The molecule has 0 N–H and O–H groups in total. The predicted molar refractivity (Wildman–Crippen MR) is 148 cm³/mol. The van der Waals surface area contributed by atoms with Gasteiger partial charge in [-0.1, -0.05) is 30.0 Å². The number of anilines is 2. The summed E-state index contributed by atoms with van der Waals surface area (Å²) in [6.45, 7) is 1.45. The second kappa shape index (κ2) is 11.2. The molecule has 5 rings (SSSR count). The number of ether oxygens (including phenoxy) is 2. The Labute approximate surface area is 240 Å². The van der Waals surface area contributed by atoms with Gasteiger partial charge in [-0.2, -0.15) is 0 Å². The van der Waals surface area contributed by atoms with Crippen molar-refractivity contribution in [3.8, 4) is 5.75 Å². The van der Waals surface area contributed by atoms with Gasteiger partial charge in [-0.25, -0.2) is 26.9 Å². The van der Waals surface area contributed by atoms with Gasteiger partial charge in [0.25, 0.3) is 0 Å². The number of carbonyl (C=O) groups excluding carboxylic acids is 1. The summed E-state index contributed by atoms with van der Waals surface area (Å²) >= 11 is 2.65. The van der Waals surface area contributed by atoms with Gasteiger partial charge in [0.05, 0.1) is 12.0 Å². The summed E-state index contributed by atoms with van der Waals surface area (Å²) in [6, 6.07) is 11.2. The van der Waals surface area contributed by atoms with Crippen LogP contribution in [0.4, 0.5) is 29.1 Å². The van der Waals surface area contributed by atoms with E-state index in [0.717, 1.165) is 17.5 Å². The van der Waals surface area contributed by atoms with Crippen LogP contribution in [-0.2, 0) is 9.53 Å². The standard InChI is InChI=1S/C28H33F4N3O3S2/c1-26(29,30)10-9-19-16-35(18-7-5-4-6-8-18)23-22(40-34(19)2)13-21(38-17-27(11-12-27)25(36)37-3)24(33-23)39-20-14-28(31,32)15-20/h4-8,13,19-20H,9-12,14-17H2,1-3H3. The van der Waals surface area contributed by atoms with Gasteiger partial charge in [-0.3, -0.25) is 4.79 Å². The van der Waals surface area contributed by atoms with Crippen molar-refractivity contribution >= 4 is 41.2 Å². The molecule has 0 radical (unpaired) electrons. The molecule has 2 fully saturated rings. The van der Waals surface area contributed by atoms with Crippen LogP contribution in [0.25, 0.3) is 0 Å². The Bertz CT molecular complexity index is 1220. The van der Waals surface area contributed by atoms with Crippen LogP contribution in [0.1, 0.15) is 45.4 Å². The first-order valence-corrected chi connectivity index (χ1v) is 15.0. The zero-order valence-corrected chi connectivity index (χ0v) is 24.3. The molecule has 1 aromatic heterocycles. The van der Waals surface area contributed by atoms with Crippen molar-refractivity contribution in [2.45, 2.75) is 78.5 Å². The third-order valence-electron chi connectivity index (χ3n) is 7.60. The molecule has 2 heterocycles. The number of hydrogen-bond donors (Lipinski definition) is 0. The van der Waals surface area contributed by atoms with E-state index in [0.29, 0.717) is 36.0 Å². The van der Waals surface area contributed by atoms with Crippen LogP contribution in [0, 0.1) is 5.41 Å². The number of nitrogens with zero attached hydrogens (tertiary/aromatic N) is 3. The average Bonchev–Trinajstić information content (AvgIpc) is 3.69. The molecule has 40 heavy (non-hydrogen) atoms. The first-order chi connectivity index (χ1) is 18.9. The van der Waals surface area contributed by atoms with Gasteiger partial charge in [0.15, 0.2) is 5.75 Å². The molecule has 12 heteroatoms. The number of likely N-dealkylation sites (N-methyl/N-ethyl adjacent to an activating group) is 1. The van der Waals surface area contributed by atoms with Crippen LogP contribution in [0.2, 0.25) is 0 Å². The van der Waals surface area contributed by atoms with Crippen LogP contribution in [0.5, 0.6) is 5.75 Å². The SMILES string of the molecule is COC(=O)C1(COc2cc3c(nc2SC2CC(F)(F)C2)N(c2ccccc2)CC(CCC(C)(F)F)N(C)S3)CC1. The van der Waals surface area contributed by atoms with E-state index in [2.05, 4.69) is 0 Å². The average molecular weight is 600 g/mol. The minimum atomic E-state index is -2.78. The number of hydrogen-bond acceptors (Lipinski definition) is 8. The van der Waals surface area contributed by atoms with E-state index in [1.165, 1.54) is 30.8 Å². The molecule has 6 nitrogen and oxygen atoms in total. The van der Waals surface area contributed by atoms with Crippen molar-refractivity contribution in [3.05, 3.63) is 36.4 Å². The van der Waals surface area contributed by atoms with E-state index in [4.69, 9.17) is 14.5 Å². The molecule has 2 saturated carbocycles. The second-order valence-electron chi connectivity index (χ2n) is 11.0. The maximum absolute atomic E-state index is 13.8. The molecule has 0 spiro atoms. The zero-order valence-electron chi connectivity index (χ0n) is 22.7. The van der Waals surface area contributed by atoms with Crippen molar-refractivity contribution in [3.63, 3.8) is 0 Å². The summed E-state index contributed by atoms with van der Waals surface area (Å²) in [6.07, 6.45) is 0.838. The summed E-state index contributed by atoms with van der Waals surface area (Å²) in [5, 5.41) is 0.159. The molecule has 218 valence electrons. The number of rotatable bonds is 10. The number of carbonyl (C=O) groups is 1. The largest absolute Gasteiger partial charge is 0.490 e. The summed E-state index contributed by atoms with van der Waals surface area (Å²) < 4.78 is 68.2. The Kier molecular flexibility index (Phi) is 8.24. The van der Waals surface area contributed by atoms with Crippen LogP contribution >= 0.6 is 23.7 Å². The highest BCUT2D eigenvalue weighted by atomic mass is 32.2. The molecule has 0 amide bonds. The fourth-order valence-electron chi connectivity index (χ4n) is 4.91. The first-order valence-electron chi connectivity index (χ1n) is 13.3. The smallest absolute Gasteiger partial charge is 0.315 e. The molecule has 3 aliphatic rings. The van der Waals surface area contributed by atoms with Gasteiger partial charge >= 0.3 is 5.97 Å². The van der Waals surface area contributed by atoms with Crippen molar-refractivity contribution in [2.24, 2.45) is 5.41 Å². The molecular formula is C28H33F4N3O3S2. The van der Waals surface area contributed by atoms with E-state index >= 15 is 0 Å². The number of halogens is 4. The maximum Gasteiger partial charge on any atom is 0.315 e. The summed E-state index contributed by atoms with van der Waals surface area (Å²) in [4.78, 5) is 20.0. The molecule has 1 atom stereocenters. The highest BCUT2D eigenvalue weighted by Crippen LogP contribution is 2.52. The van der Waals surface area contributed by atoms with Crippen molar-refractivity contribution < 1.29 is 31.8 Å². The second-order valence-corrected chi connectivity index (χ2v) is 13.5. The van der Waals surface area contributed by atoms with Crippen LogP contribution < -0.4 is 9.64 Å². The van der Waals surface area contributed by atoms with E-state index < -0.39 is 17.3 Å². The number of pyridine rings is 1. The Hall–Kier alpha value is -2.18. The van der Waals surface area contributed by atoms with Gasteiger partial charge in [0.2, 0.25) is 11.8 Å². The lowest BCUT2D eigenvalue weighted by molar-refractivity contribution is -0.148. The van der Waals surface area contributed by atoms with E-state index in [-0.39, 0.29) is 49.6 Å². The highest BCUT2D eigenvalue weighted by Gasteiger charge is 2.52. The minimum Gasteiger partial charge on any atom is -0.490 e. The Morgan fingerprint density at radius 2 is 1.93 bits per heavy atom. The monoisotopic (exact) mass is 599 g/mol. The summed E-state index contributed by atoms with van der Waals surface area (Å²) in [7, 11) is 3.22. The number of aromatic nitrogens is 1. The Balaban J connectivity index is 1.50. The molecule has 0 bridgehead atoms. The number of benzene rings is 1. The molecule has 2 aliphatic carbocycles.